The van der Waals surface area contributed by atoms with Crippen LogP contribution < -0.4 is 4.72 Å². The van der Waals surface area contributed by atoms with Crippen molar-refractivity contribution in [3.8, 4) is 6.07 Å². The van der Waals surface area contributed by atoms with Gasteiger partial charge in [-0.1, -0.05) is 0 Å². The molecule has 0 amide bonds. The van der Waals surface area contributed by atoms with E-state index in [-0.39, 0.29) is 4.90 Å². The largest absolute Gasteiger partial charge is 0.280 e. The predicted octanol–water partition coefficient (Wildman–Crippen LogP) is 3.40. The zero-order valence-corrected chi connectivity index (χ0v) is 13.4. The van der Waals surface area contributed by atoms with Gasteiger partial charge in [0.15, 0.2) is 0 Å². The fourth-order valence-electron chi connectivity index (χ4n) is 2.33. The zero-order chi connectivity index (χ0) is 15.6. The lowest BCUT2D eigenvalue weighted by molar-refractivity contribution is 0.601. The number of aryl methyl sites for hydroxylation is 1. The highest BCUT2D eigenvalue weighted by molar-refractivity contribution is 7.99. The van der Waals surface area contributed by atoms with E-state index in [0.717, 1.165) is 24.2 Å². The lowest BCUT2D eigenvalue weighted by Gasteiger charge is -2.16. The van der Waals surface area contributed by atoms with Gasteiger partial charge in [-0.3, -0.25) is 4.72 Å². The summed E-state index contributed by atoms with van der Waals surface area (Å²) in [6.45, 7) is 0. The number of fused-ring (bicyclic) bond motifs is 1. The van der Waals surface area contributed by atoms with Crippen LogP contribution in [0.3, 0.4) is 0 Å². The molecule has 0 saturated heterocycles. The molecule has 22 heavy (non-hydrogen) atoms. The topological polar surface area (TPSA) is 70.0 Å². The highest BCUT2D eigenvalue weighted by atomic mass is 32.2. The van der Waals surface area contributed by atoms with E-state index in [0.29, 0.717) is 11.3 Å². The summed E-state index contributed by atoms with van der Waals surface area (Å²) in [5.74, 6) is 1.09. The summed E-state index contributed by atoms with van der Waals surface area (Å²) < 4.78 is 27.5. The molecule has 0 aliphatic carbocycles. The number of nitrogens with one attached hydrogen (secondary N) is 1. The molecule has 0 bridgehead atoms. The molecule has 1 heterocycles. The van der Waals surface area contributed by atoms with E-state index < -0.39 is 10.0 Å². The van der Waals surface area contributed by atoms with Gasteiger partial charge in [-0.05, 0) is 66.6 Å². The SMILES string of the molecule is N#Cc1ccc(NS(=O)(=O)c2ccc3c(c2)CCCS3)cc1. The second-order valence-electron chi connectivity index (χ2n) is 5.02. The number of nitrogens with zero attached hydrogens (tertiary/aromatic N) is 1. The number of nitriles is 1. The minimum atomic E-state index is -3.61. The van der Waals surface area contributed by atoms with Gasteiger partial charge in [0.2, 0.25) is 0 Å². The van der Waals surface area contributed by atoms with Crippen LogP contribution in [0.1, 0.15) is 17.5 Å². The average molecular weight is 330 g/mol. The molecule has 6 heteroatoms. The molecule has 0 spiro atoms. The number of benzene rings is 2. The Bertz CT molecular complexity index is 837. The summed E-state index contributed by atoms with van der Waals surface area (Å²) in [5.41, 5.74) is 2.04. The molecule has 1 N–H and O–H groups in total. The first-order valence-electron chi connectivity index (χ1n) is 6.87. The van der Waals surface area contributed by atoms with Gasteiger partial charge in [-0.2, -0.15) is 5.26 Å². The monoisotopic (exact) mass is 330 g/mol. The maximum absolute atomic E-state index is 12.5. The van der Waals surface area contributed by atoms with Gasteiger partial charge >= 0.3 is 0 Å². The van der Waals surface area contributed by atoms with Crippen LogP contribution in [0.4, 0.5) is 5.69 Å². The van der Waals surface area contributed by atoms with Gasteiger partial charge in [0.05, 0.1) is 16.5 Å². The number of sulfonamides is 1. The second-order valence-corrected chi connectivity index (χ2v) is 7.84. The Morgan fingerprint density at radius 1 is 1.14 bits per heavy atom. The normalized spacial score (nSPS) is 14.0. The fraction of sp³-hybridized carbons (Fsp3) is 0.188. The summed E-state index contributed by atoms with van der Waals surface area (Å²) >= 11 is 1.77. The van der Waals surface area contributed by atoms with Gasteiger partial charge in [0.25, 0.3) is 10.0 Å². The Kier molecular flexibility index (Phi) is 4.10. The molecule has 0 fully saturated rings. The van der Waals surface area contributed by atoms with Crippen LogP contribution in [0.2, 0.25) is 0 Å². The lowest BCUT2D eigenvalue weighted by atomic mass is 10.1. The van der Waals surface area contributed by atoms with E-state index >= 15 is 0 Å². The molecule has 4 nitrogen and oxygen atoms in total. The molecule has 0 aromatic heterocycles. The van der Waals surface area contributed by atoms with Gasteiger partial charge in [0.1, 0.15) is 0 Å². The maximum Gasteiger partial charge on any atom is 0.261 e. The van der Waals surface area contributed by atoms with Crippen molar-refractivity contribution in [2.24, 2.45) is 0 Å². The summed E-state index contributed by atoms with van der Waals surface area (Å²) in [5, 5.41) is 8.76. The van der Waals surface area contributed by atoms with Crippen LogP contribution in [0.5, 0.6) is 0 Å². The summed E-state index contributed by atoms with van der Waals surface area (Å²) in [6, 6.07) is 13.6. The third-order valence-corrected chi connectivity index (χ3v) is 6.04. The first-order chi connectivity index (χ1) is 10.6. The molecule has 112 valence electrons. The van der Waals surface area contributed by atoms with E-state index in [4.69, 9.17) is 5.26 Å². The second kappa shape index (κ2) is 6.03. The van der Waals surface area contributed by atoms with Crippen LogP contribution >= 0.6 is 11.8 Å². The van der Waals surface area contributed by atoms with Crippen molar-refractivity contribution in [1.82, 2.24) is 0 Å². The first-order valence-corrected chi connectivity index (χ1v) is 9.34. The van der Waals surface area contributed by atoms with Crippen molar-refractivity contribution in [3.63, 3.8) is 0 Å². The van der Waals surface area contributed by atoms with E-state index in [1.807, 2.05) is 12.1 Å². The van der Waals surface area contributed by atoms with Crippen molar-refractivity contribution in [1.29, 1.82) is 5.26 Å². The third-order valence-electron chi connectivity index (χ3n) is 3.46. The van der Waals surface area contributed by atoms with Crippen LogP contribution in [-0.2, 0) is 16.4 Å². The average Bonchev–Trinajstić information content (AvgIpc) is 2.55. The lowest BCUT2D eigenvalue weighted by Crippen LogP contribution is -2.13. The van der Waals surface area contributed by atoms with Crippen molar-refractivity contribution in [2.75, 3.05) is 10.5 Å². The molecular weight excluding hydrogens is 316 g/mol. The van der Waals surface area contributed by atoms with Gasteiger partial charge in [-0.15, -0.1) is 11.8 Å². The van der Waals surface area contributed by atoms with E-state index in [1.165, 1.54) is 4.90 Å². The Labute approximate surface area is 134 Å². The van der Waals surface area contributed by atoms with Crippen LogP contribution in [0.25, 0.3) is 0 Å². The molecule has 0 radical (unpaired) electrons. The Hall–Kier alpha value is -1.97. The van der Waals surface area contributed by atoms with E-state index in [2.05, 4.69) is 4.72 Å². The predicted molar refractivity (Wildman–Crippen MR) is 87.5 cm³/mol. The summed E-state index contributed by atoms with van der Waals surface area (Å²) in [4.78, 5) is 1.45. The molecule has 1 aliphatic rings. The Morgan fingerprint density at radius 2 is 1.91 bits per heavy atom. The first kappa shape index (κ1) is 14.9. The number of anilines is 1. The van der Waals surface area contributed by atoms with Crippen molar-refractivity contribution >= 4 is 27.5 Å². The molecule has 2 aromatic rings. The van der Waals surface area contributed by atoms with Crippen molar-refractivity contribution < 1.29 is 8.42 Å². The number of hydrogen-bond donors (Lipinski definition) is 1. The van der Waals surface area contributed by atoms with Gasteiger partial charge in [-0.25, -0.2) is 8.42 Å². The van der Waals surface area contributed by atoms with Crippen LogP contribution in [-0.4, -0.2) is 14.2 Å². The Balaban J connectivity index is 1.87. The van der Waals surface area contributed by atoms with E-state index in [1.54, 1.807) is 48.2 Å². The van der Waals surface area contributed by atoms with E-state index in [9.17, 15) is 8.42 Å². The standard InChI is InChI=1S/C16H14N2O2S2/c17-11-12-3-5-14(6-4-12)18-22(19,20)15-7-8-16-13(10-15)2-1-9-21-16/h3-8,10,18H,1-2,9H2. The third kappa shape index (κ3) is 3.11. The molecule has 3 rings (SSSR count). The summed E-state index contributed by atoms with van der Waals surface area (Å²) in [7, 11) is -3.61. The van der Waals surface area contributed by atoms with Gasteiger partial charge in [0, 0.05) is 10.6 Å². The fourth-order valence-corrected chi connectivity index (χ4v) is 4.46. The minimum absolute atomic E-state index is 0.276. The number of thioether (sulfide) groups is 1. The smallest absolute Gasteiger partial charge is 0.261 e. The van der Waals surface area contributed by atoms with Crippen molar-refractivity contribution in [2.45, 2.75) is 22.6 Å². The maximum atomic E-state index is 12.5. The molecule has 0 atom stereocenters. The highest BCUT2D eigenvalue weighted by Gasteiger charge is 2.18. The Morgan fingerprint density at radius 3 is 2.64 bits per heavy atom. The zero-order valence-electron chi connectivity index (χ0n) is 11.7. The molecule has 0 unspecified atom stereocenters. The highest BCUT2D eigenvalue weighted by Crippen LogP contribution is 2.31. The number of rotatable bonds is 3. The minimum Gasteiger partial charge on any atom is -0.280 e. The summed E-state index contributed by atoms with van der Waals surface area (Å²) in [6.07, 6.45) is 1.99. The van der Waals surface area contributed by atoms with Gasteiger partial charge < -0.3 is 0 Å². The molecular formula is C16H14N2O2S2. The quantitative estimate of drug-likeness (QED) is 0.936. The van der Waals surface area contributed by atoms with Crippen LogP contribution in [0.15, 0.2) is 52.3 Å². The number of hydrogen-bond acceptors (Lipinski definition) is 4. The molecule has 0 saturated carbocycles. The molecule has 2 aromatic carbocycles. The van der Waals surface area contributed by atoms with Crippen LogP contribution in [0, 0.1) is 11.3 Å². The molecule has 1 aliphatic heterocycles. The van der Waals surface area contributed by atoms with Crippen molar-refractivity contribution in [3.05, 3.63) is 53.6 Å².